The molecule has 0 spiro atoms. The lowest BCUT2D eigenvalue weighted by Crippen LogP contribution is -2.25. The van der Waals surface area contributed by atoms with Crippen molar-refractivity contribution in [2.24, 2.45) is 0 Å². The number of aromatic nitrogens is 1. The zero-order valence-electron chi connectivity index (χ0n) is 10.7. The number of carbonyl (C=O) groups is 1. The third-order valence-corrected chi connectivity index (χ3v) is 2.30. The molecule has 0 atom stereocenters. The normalized spacial score (nSPS) is 10.1. The predicted molar refractivity (Wildman–Crippen MR) is 68.5 cm³/mol. The van der Waals surface area contributed by atoms with Crippen LogP contribution in [0.1, 0.15) is 19.3 Å². The summed E-state index contributed by atoms with van der Waals surface area (Å²) >= 11 is 0. The molecule has 0 saturated heterocycles. The van der Waals surface area contributed by atoms with Crippen LogP contribution in [0, 0.1) is 0 Å². The van der Waals surface area contributed by atoms with E-state index in [1.165, 1.54) is 0 Å². The first-order valence-electron chi connectivity index (χ1n) is 6.11. The molecule has 5 nitrogen and oxygen atoms in total. The minimum absolute atomic E-state index is 0.0564. The molecule has 0 aliphatic rings. The molecule has 0 saturated carbocycles. The van der Waals surface area contributed by atoms with E-state index in [1.54, 1.807) is 19.5 Å². The Balaban J connectivity index is 1.99. The van der Waals surface area contributed by atoms with E-state index in [2.05, 4.69) is 10.3 Å². The molecule has 0 aliphatic carbocycles. The molecule has 0 unspecified atom stereocenters. The van der Waals surface area contributed by atoms with Crippen molar-refractivity contribution in [1.29, 1.82) is 0 Å². The van der Waals surface area contributed by atoms with E-state index in [4.69, 9.17) is 9.47 Å². The van der Waals surface area contributed by atoms with Gasteiger partial charge >= 0.3 is 0 Å². The molecule has 1 aromatic rings. The van der Waals surface area contributed by atoms with E-state index in [9.17, 15) is 4.79 Å². The summed E-state index contributed by atoms with van der Waals surface area (Å²) in [4.78, 5) is 15.3. The number of rotatable bonds is 9. The van der Waals surface area contributed by atoms with Gasteiger partial charge < -0.3 is 14.8 Å². The lowest BCUT2D eigenvalue weighted by molar-refractivity contribution is -0.121. The topological polar surface area (TPSA) is 60.5 Å². The number of nitrogens with zero attached hydrogens (tertiary/aromatic N) is 1. The zero-order valence-corrected chi connectivity index (χ0v) is 10.7. The number of hydrogen-bond donors (Lipinski definition) is 1. The summed E-state index contributed by atoms with van der Waals surface area (Å²) in [6, 6.07) is 3.66. The quantitative estimate of drug-likeness (QED) is 0.675. The highest BCUT2D eigenvalue weighted by Gasteiger charge is 2.00. The van der Waals surface area contributed by atoms with E-state index in [0.717, 1.165) is 12.2 Å². The maximum absolute atomic E-state index is 11.4. The van der Waals surface area contributed by atoms with Gasteiger partial charge in [-0.2, -0.15) is 0 Å². The van der Waals surface area contributed by atoms with Crippen LogP contribution in [0.3, 0.4) is 0 Å². The summed E-state index contributed by atoms with van der Waals surface area (Å²) < 4.78 is 10.3. The Hall–Kier alpha value is -1.62. The minimum Gasteiger partial charge on any atom is -0.492 e. The van der Waals surface area contributed by atoms with Gasteiger partial charge in [0.25, 0.3) is 0 Å². The second-order valence-corrected chi connectivity index (χ2v) is 3.84. The van der Waals surface area contributed by atoms with Gasteiger partial charge in [-0.25, -0.2) is 0 Å². The molecule has 0 radical (unpaired) electrons. The lowest BCUT2D eigenvalue weighted by atomic mass is 10.3. The summed E-state index contributed by atoms with van der Waals surface area (Å²) in [5.41, 5.74) is 0. The summed E-state index contributed by atoms with van der Waals surface area (Å²) in [6.07, 6.45) is 5.37. The number of hydrogen-bond acceptors (Lipinski definition) is 4. The zero-order chi connectivity index (χ0) is 13.1. The molecule has 100 valence electrons. The molecule has 18 heavy (non-hydrogen) atoms. The van der Waals surface area contributed by atoms with Gasteiger partial charge in [-0.15, -0.1) is 0 Å². The fourth-order valence-electron chi connectivity index (χ4n) is 1.39. The van der Waals surface area contributed by atoms with Gasteiger partial charge in [0.05, 0.1) is 12.8 Å². The van der Waals surface area contributed by atoms with Gasteiger partial charge in [-0.3, -0.25) is 9.78 Å². The van der Waals surface area contributed by atoms with Crippen LogP contribution in [-0.2, 0) is 9.53 Å². The van der Waals surface area contributed by atoms with Gasteiger partial charge in [0.1, 0.15) is 5.75 Å². The predicted octanol–water partition coefficient (Wildman–Crippen LogP) is 1.39. The Morgan fingerprint density at radius 2 is 2.28 bits per heavy atom. The van der Waals surface area contributed by atoms with Gasteiger partial charge in [-0.1, -0.05) is 0 Å². The molecule has 0 bridgehead atoms. The Labute approximate surface area is 108 Å². The lowest BCUT2D eigenvalue weighted by Gasteiger charge is -2.06. The minimum atomic E-state index is 0.0564. The maximum atomic E-state index is 11.4. The molecule has 1 N–H and O–H groups in total. The molecular weight excluding hydrogens is 232 g/mol. The molecule has 5 heteroatoms. The summed E-state index contributed by atoms with van der Waals surface area (Å²) in [7, 11) is 1.65. The van der Waals surface area contributed by atoms with E-state index < -0.39 is 0 Å². The number of pyridine rings is 1. The van der Waals surface area contributed by atoms with Crippen LogP contribution < -0.4 is 10.1 Å². The largest absolute Gasteiger partial charge is 0.492 e. The third-order valence-electron chi connectivity index (χ3n) is 2.30. The molecular formula is C13H20N2O3. The Kier molecular flexibility index (Phi) is 7.55. The smallest absolute Gasteiger partial charge is 0.220 e. The van der Waals surface area contributed by atoms with Crippen LogP contribution in [0.5, 0.6) is 5.75 Å². The van der Waals surface area contributed by atoms with Gasteiger partial charge in [0.2, 0.25) is 5.91 Å². The Morgan fingerprint density at radius 1 is 1.39 bits per heavy atom. The molecule has 1 heterocycles. The highest BCUT2D eigenvalue weighted by atomic mass is 16.5. The standard InChI is InChI=1S/C13H20N2O3/c1-17-9-4-8-15-13(16)6-3-10-18-12-5-2-7-14-11-12/h2,5,7,11H,3-4,6,8-10H2,1H3,(H,15,16). The van der Waals surface area contributed by atoms with Crippen LogP contribution in [0.25, 0.3) is 0 Å². The van der Waals surface area contributed by atoms with Gasteiger partial charge in [0.15, 0.2) is 0 Å². The number of ether oxygens (including phenoxy) is 2. The average Bonchev–Trinajstić information content (AvgIpc) is 2.41. The van der Waals surface area contributed by atoms with Crippen molar-refractivity contribution >= 4 is 5.91 Å². The van der Waals surface area contributed by atoms with Crippen molar-refractivity contribution in [3.8, 4) is 5.75 Å². The van der Waals surface area contributed by atoms with Crippen molar-refractivity contribution in [2.75, 3.05) is 26.9 Å². The van der Waals surface area contributed by atoms with Crippen molar-refractivity contribution in [3.05, 3.63) is 24.5 Å². The highest BCUT2D eigenvalue weighted by Crippen LogP contribution is 2.06. The second-order valence-electron chi connectivity index (χ2n) is 3.84. The molecule has 1 aromatic heterocycles. The SMILES string of the molecule is COCCCNC(=O)CCCOc1cccnc1. The van der Waals surface area contributed by atoms with Crippen molar-refractivity contribution in [3.63, 3.8) is 0 Å². The van der Waals surface area contributed by atoms with Crippen molar-refractivity contribution in [1.82, 2.24) is 10.3 Å². The first kappa shape index (κ1) is 14.4. The fourth-order valence-corrected chi connectivity index (χ4v) is 1.39. The first-order chi connectivity index (χ1) is 8.83. The Morgan fingerprint density at radius 3 is 3.00 bits per heavy atom. The number of nitrogens with one attached hydrogen (secondary N) is 1. The van der Waals surface area contributed by atoms with Crippen LogP contribution in [0.15, 0.2) is 24.5 Å². The van der Waals surface area contributed by atoms with Crippen LogP contribution in [-0.4, -0.2) is 37.8 Å². The first-order valence-corrected chi connectivity index (χ1v) is 6.11. The molecule has 0 aromatic carbocycles. The molecule has 1 amide bonds. The van der Waals surface area contributed by atoms with Crippen molar-refractivity contribution in [2.45, 2.75) is 19.3 Å². The van der Waals surface area contributed by atoms with E-state index in [1.807, 2.05) is 12.1 Å². The molecule has 1 rings (SSSR count). The van der Waals surface area contributed by atoms with E-state index >= 15 is 0 Å². The van der Waals surface area contributed by atoms with E-state index in [-0.39, 0.29) is 5.91 Å². The number of amides is 1. The Bertz CT molecular complexity index is 330. The maximum Gasteiger partial charge on any atom is 0.220 e. The van der Waals surface area contributed by atoms with Gasteiger partial charge in [0, 0.05) is 32.9 Å². The number of carbonyl (C=O) groups excluding carboxylic acids is 1. The van der Waals surface area contributed by atoms with Crippen molar-refractivity contribution < 1.29 is 14.3 Å². The third kappa shape index (κ3) is 6.85. The summed E-state index contributed by atoms with van der Waals surface area (Å²) in [5.74, 6) is 0.791. The fraction of sp³-hybridized carbons (Fsp3) is 0.538. The van der Waals surface area contributed by atoms with Crippen LogP contribution in [0.2, 0.25) is 0 Å². The average molecular weight is 252 g/mol. The van der Waals surface area contributed by atoms with Gasteiger partial charge in [-0.05, 0) is 25.0 Å². The van der Waals surface area contributed by atoms with Crippen LogP contribution in [0.4, 0.5) is 0 Å². The summed E-state index contributed by atoms with van der Waals surface area (Å²) in [6.45, 7) is 1.86. The molecule has 0 aliphatic heterocycles. The summed E-state index contributed by atoms with van der Waals surface area (Å²) in [5, 5.41) is 2.83. The molecule has 0 fully saturated rings. The van der Waals surface area contributed by atoms with E-state index in [0.29, 0.717) is 32.6 Å². The van der Waals surface area contributed by atoms with Crippen LogP contribution >= 0.6 is 0 Å². The monoisotopic (exact) mass is 252 g/mol. The number of methoxy groups -OCH3 is 1. The highest BCUT2D eigenvalue weighted by molar-refractivity contribution is 5.75. The second kappa shape index (κ2) is 9.41.